The Morgan fingerprint density at radius 1 is 1.24 bits per heavy atom. The Kier molecular flexibility index (Phi) is 5.68. The highest BCUT2D eigenvalue weighted by Gasteiger charge is 2.47. The fourth-order valence-corrected chi connectivity index (χ4v) is 6.26. The molecule has 2 aliphatic rings. The van der Waals surface area contributed by atoms with E-state index in [-0.39, 0.29) is 11.6 Å². The smallest absolute Gasteiger partial charge is 0.282 e. The van der Waals surface area contributed by atoms with Gasteiger partial charge in [-0.15, -0.1) is 0 Å². The largest absolute Gasteiger partial charge is 0.329 e. The molecular formula is C15H31N3O2S. The second-order valence-corrected chi connectivity index (χ2v) is 8.48. The van der Waals surface area contributed by atoms with Crippen LogP contribution in [0.2, 0.25) is 0 Å². The van der Waals surface area contributed by atoms with E-state index in [0.29, 0.717) is 19.6 Å². The molecule has 1 heterocycles. The summed E-state index contributed by atoms with van der Waals surface area (Å²) in [5.41, 5.74) is 5.69. The van der Waals surface area contributed by atoms with Gasteiger partial charge < -0.3 is 5.73 Å². The van der Waals surface area contributed by atoms with Crippen LogP contribution in [-0.2, 0) is 10.2 Å². The molecule has 2 rings (SSSR count). The van der Waals surface area contributed by atoms with E-state index in [1.807, 2.05) is 13.8 Å². The molecule has 0 bridgehead atoms. The normalized spacial score (nSPS) is 27.3. The van der Waals surface area contributed by atoms with Crippen molar-refractivity contribution in [3.05, 3.63) is 0 Å². The Bertz CT molecular complexity index is 432. The summed E-state index contributed by atoms with van der Waals surface area (Å²) < 4.78 is 29.9. The lowest BCUT2D eigenvalue weighted by Gasteiger charge is -2.44. The van der Waals surface area contributed by atoms with Gasteiger partial charge in [0.25, 0.3) is 10.2 Å². The monoisotopic (exact) mass is 317 g/mol. The van der Waals surface area contributed by atoms with Crippen LogP contribution in [0, 0.1) is 0 Å². The molecule has 21 heavy (non-hydrogen) atoms. The van der Waals surface area contributed by atoms with Gasteiger partial charge in [0.1, 0.15) is 0 Å². The highest BCUT2D eigenvalue weighted by atomic mass is 32.2. The second-order valence-electron chi connectivity index (χ2n) is 6.67. The molecule has 5 nitrogen and oxygen atoms in total. The highest BCUT2D eigenvalue weighted by molar-refractivity contribution is 7.86. The van der Waals surface area contributed by atoms with Gasteiger partial charge in [-0.1, -0.05) is 26.2 Å². The summed E-state index contributed by atoms with van der Waals surface area (Å²) in [6.07, 6.45) is 7.89. The lowest BCUT2D eigenvalue weighted by molar-refractivity contribution is 0.166. The van der Waals surface area contributed by atoms with E-state index in [1.165, 1.54) is 0 Å². The van der Waals surface area contributed by atoms with Crippen LogP contribution in [0.4, 0.5) is 0 Å². The Morgan fingerprint density at radius 2 is 1.90 bits per heavy atom. The summed E-state index contributed by atoms with van der Waals surface area (Å²) >= 11 is 0. The number of hydrogen-bond donors (Lipinski definition) is 1. The van der Waals surface area contributed by atoms with E-state index >= 15 is 0 Å². The standard InChI is InChI=1S/C15H31N3O2S/c1-3-11-18(15(13-16)9-5-6-10-15)21(19,20)17-12-7-4-8-14(17)2/h14H,3-13,16H2,1-2H3. The predicted molar refractivity (Wildman–Crippen MR) is 86.2 cm³/mol. The first-order valence-corrected chi connectivity index (χ1v) is 9.87. The number of nitrogens with two attached hydrogens (primary N) is 1. The van der Waals surface area contributed by atoms with Crippen molar-refractivity contribution in [2.24, 2.45) is 5.73 Å². The van der Waals surface area contributed by atoms with Crippen molar-refractivity contribution < 1.29 is 8.42 Å². The summed E-state index contributed by atoms with van der Waals surface area (Å²) in [7, 11) is -3.40. The Balaban J connectivity index is 2.31. The van der Waals surface area contributed by atoms with E-state index in [1.54, 1.807) is 8.61 Å². The molecule has 2 fully saturated rings. The maximum atomic E-state index is 13.2. The molecule has 0 aromatic carbocycles. The zero-order valence-electron chi connectivity index (χ0n) is 13.6. The van der Waals surface area contributed by atoms with Gasteiger partial charge in [-0.25, -0.2) is 0 Å². The minimum Gasteiger partial charge on any atom is -0.329 e. The molecule has 0 spiro atoms. The molecule has 1 unspecified atom stereocenters. The molecule has 2 N–H and O–H groups in total. The zero-order chi connectivity index (χ0) is 15.5. The van der Waals surface area contributed by atoms with Gasteiger partial charge >= 0.3 is 0 Å². The van der Waals surface area contributed by atoms with E-state index in [0.717, 1.165) is 51.4 Å². The van der Waals surface area contributed by atoms with Crippen LogP contribution in [0.1, 0.15) is 65.2 Å². The molecule has 0 amide bonds. The molecule has 1 saturated carbocycles. The van der Waals surface area contributed by atoms with Crippen molar-refractivity contribution in [1.82, 2.24) is 8.61 Å². The lowest BCUT2D eigenvalue weighted by atomic mass is 9.98. The predicted octanol–water partition coefficient (Wildman–Crippen LogP) is 2.09. The van der Waals surface area contributed by atoms with Crippen LogP contribution in [0.15, 0.2) is 0 Å². The highest BCUT2D eigenvalue weighted by Crippen LogP contribution is 2.38. The van der Waals surface area contributed by atoms with Gasteiger partial charge in [-0.2, -0.15) is 17.0 Å². The Hall–Kier alpha value is -0.170. The molecule has 0 aromatic rings. The number of rotatable bonds is 6. The average Bonchev–Trinajstić information content (AvgIpc) is 2.94. The molecule has 6 heteroatoms. The van der Waals surface area contributed by atoms with Crippen molar-refractivity contribution in [3.63, 3.8) is 0 Å². The third kappa shape index (κ3) is 3.28. The molecule has 0 radical (unpaired) electrons. The number of nitrogens with zero attached hydrogens (tertiary/aromatic N) is 2. The molecule has 0 aromatic heterocycles. The van der Waals surface area contributed by atoms with Crippen molar-refractivity contribution >= 4 is 10.2 Å². The third-order valence-corrected chi connectivity index (χ3v) is 7.45. The zero-order valence-corrected chi connectivity index (χ0v) is 14.4. The Morgan fingerprint density at radius 3 is 2.43 bits per heavy atom. The van der Waals surface area contributed by atoms with Crippen molar-refractivity contribution in [1.29, 1.82) is 0 Å². The first-order valence-electron chi connectivity index (χ1n) is 8.47. The molecule has 1 atom stereocenters. The SMILES string of the molecule is CCCN(C1(CN)CCCC1)S(=O)(=O)N1CCCCC1C. The maximum Gasteiger partial charge on any atom is 0.282 e. The maximum absolute atomic E-state index is 13.2. The minimum atomic E-state index is -3.40. The van der Waals surface area contributed by atoms with E-state index in [2.05, 4.69) is 0 Å². The van der Waals surface area contributed by atoms with Crippen LogP contribution >= 0.6 is 0 Å². The quantitative estimate of drug-likeness (QED) is 0.815. The molecule has 1 aliphatic heterocycles. The molecule has 1 saturated heterocycles. The van der Waals surface area contributed by atoms with Crippen LogP contribution < -0.4 is 5.73 Å². The summed E-state index contributed by atoms with van der Waals surface area (Å²) in [5.74, 6) is 0. The van der Waals surface area contributed by atoms with Crippen LogP contribution in [0.5, 0.6) is 0 Å². The summed E-state index contributed by atoms with van der Waals surface area (Å²) in [6, 6.07) is 0.110. The first kappa shape index (κ1) is 17.2. The molecule has 1 aliphatic carbocycles. The fraction of sp³-hybridized carbons (Fsp3) is 1.00. The fourth-order valence-electron chi connectivity index (χ4n) is 3.93. The van der Waals surface area contributed by atoms with Gasteiger partial charge in [0, 0.05) is 31.2 Å². The topological polar surface area (TPSA) is 66.6 Å². The van der Waals surface area contributed by atoms with Crippen LogP contribution in [0.25, 0.3) is 0 Å². The summed E-state index contributed by atoms with van der Waals surface area (Å²) in [4.78, 5) is 0. The van der Waals surface area contributed by atoms with Gasteiger partial charge in [0.05, 0.1) is 0 Å². The number of hydrogen-bond acceptors (Lipinski definition) is 3. The third-order valence-electron chi connectivity index (χ3n) is 5.19. The van der Waals surface area contributed by atoms with Gasteiger partial charge in [0.2, 0.25) is 0 Å². The summed E-state index contributed by atoms with van der Waals surface area (Å²) in [6.45, 7) is 5.76. The Labute approximate surface area is 130 Å². The van der Waals surface area contributed by atoms with E-state index in [4.69, 9.17) is 5.73 Å². The van der Waals surface area contributed by atoms with Gasteiger partial charge in [0.15, 0.2) is 0 Å². The number of piperidine rings is 1. The van der Waals surface area contributed by atoms with Crippen LogP contribution in [-0.4, -0.2) is 48.2 Å². The van der Waals surface area contributed by atoms with Crippen LogP contribution in [0.3, 0.4) is 0 Å². The van der Waals surface area contributed by atoms with Gasteiger partial charge in [-0.3, -0.25) is 0 Å². The van der Waals surface area contributed by atoms with Crippen molar-refractivity contribution in [2.45, 2.75) is 76.8 Å². The lowest BCUT2D eigenvalue weighted by Crippen LogP contribution is -2.60. The van der Waals surface area contributed by atoms with Crippen molar-refractivity contribution in [3.8, 4) is 0 Å². The van der Waals surface area contributed by atoms with Crippen molar-refractivity contribution in [2.75, 3.05) is 19.6 Å². The first-order chi connectivity index (χ1) is 9.98. The molecular weight excluding hydrogens is 286 g/mol. The van der Waals surface area contributed by atoms with E-state index in [9.17, 15) is 8.42 Å². The molecule has 124 valence electrons. The minimum absolute atomic E-state index is 0.110. The summed E-state index contributed by atoms with van der Waals surface area (Å²) in [5, 5.41) is 0. The second kappa shape index (κ2) is 6.94. The average molecular weight is 317 g/mol. The van der Waals surface area contributed by atoms with E-state index < -0.39 is 10.2 Å². The van der Waals surface area contributed by atoms with Gasteiger partial charge in [-0.05, 0) is 39.0 Å².